The number of fused-ring (bicyclic) bond motifs is 3. The minimum Gasteiger partial charge on any atom is -0.497 e. The van der Waals surface area contributed by atoms with Crippen molar-refractivity contribution < 1.29 is 32.6 Å². The van der Waals surface area contributed by atoms with E-state index in [4.69, 9.17) is 14.6 Å². The van der Waals surface area contributed by atoms with Crippen LogP contribution in [0.15, 0.2) is 60.7 Å². The van der Waals surface area contributed by atoms with Gasteiger partial charge in [-0.05, 0) is 72.1 Å². The van der Waals surface area contributed by atoms with E-state index in [-0.39, 0.29) is 11.8 Å². The summed E-state index contributed by atoms with van der Waals surface area (Å²) in [6.45, 7) is 7.78. The second-order valence-corrected chi connectivity index (χ2v) is 11.7. The average Bonchev–Trinajstić information content (AvgIpc) is 3.60. The van der Waals surface area contributed by atoms with Gasteiger partial charge >= 0.3 is 12.1 Å². The smallest absolute Gasteiger partial charge is 0.490 e. The standard InChI is InChI=1S/C32H33N5O2.C2HF3O2/c1-3-36-14-16-37(17-15-36)23-8-4-21(5-9-23)6-12-28-25-11-7-22(18-30(25)35-34-28)27-20-32(27)26-19-24(39-2)10-13-29(26)33-31(32)38;3-2(4,5)1(6)7/h4-13,18-19,27H,3,14-17,20H2,1-2H3,(H,33,38)(H,34,35);(H,6,7)/b12-6+;. The zero-order valence-electron chi connectivity index (χ0n) is 25.4. The lowest BCUT2D eigenvalue weighted by Crippen LogP contribution is -2.46. The van der Waals surface area contributed by atoms with Crippen molar-refractivity contribution in [2.45, 2.75) is 30.9 Å². The first-order chi connectivity index (χ1) is 22.0. The zero-order valence-corrected chi connectivity index (χ0v) is 25.4. The van der Waals surface area contributed by atoms with E-state index in [0.717, 1.165) is 83.9 Å². The SMILES string of the molecule is CCN1CCN(c2ccc(/C=C/c3n[nH]c4cc(C5CC56C(=O)Nc5ccc(OC)cc56)ccc34)cc2)CC1.O=C(O)C(F)(F)F. The fourth-order valence-corrected chi connectivity index (χ4v) is 6.39. The van der Waals surface area contributed by atoms with Crippen LogP contribution < -0.4 is 15.0 Å². The van der Waals surface area contributed by atoms with Crippen LogP contribution in [-0.2, 0) is 15.0 Å². The van der Waals surface area contributed by atoms with E-state index in [1.807, 2.05) is 18.2 Å². The molecule has 0 bridgehead atoms. The molecule has 0 radical (unpaired) electrons. The number of ether oxygens (including phenoxy) is 1. The maximum Gasteiger partial charge on any atom is 0.490 e. The molecular weight excluding hydrogens is 599 g/mol. The Morgan fingerprint density at radius 2 is 1.78 bits per heavy atom. The second-order valence-electron chi connectivity index (χ2n) is 11.7. The molecule has 1 aliphatic carbocycles. The quantitative estimate of drug-likeness (QED) is 0.243. The van der Waals surface area contributed by atoms with Crippen molar-refractivity contribution in [2.24, 2.45) is 0 Å². The Balaban J connectivity index is 0.000000480. The number of carbonyl (C=O) groups is 2. The highest BCUT2D eigenvalue weighted by atomic mass is 19.4. The van der Waals surface area contributed by atoms with Crippen LogP contribution in [0.25, 0.3) is 23.1 Å². The number of alkyl halides is 3. The molecule has 3 aromatic carbocycles. The van der Waals surface area contributed by atoms with Crippen molar-refractivity contribution in [1.82, 2.24) is 15.1 Å². The highest BCUT2D eigenvalue weighted by molar-refractivity contribution is 6.10. The molecule has 3 heterocycles. The predicted molar refractivity (Wildman–Crippen MR) is 170 cm³/mol. The Kier molecular flexibility index (Phi) is 8.24. The predicted octanol–water partition coefficient (Wildman–Crippen LogP) is 5.89. The van der Waals surface area contributed by atoms with Crippen LogP contribution in [0.4, 0.5) is 24.5 Å². The van der Waals surface area contributed by atoms with Gasteiger partial charge in [0.05, 0.1) is 23.7 Å². The summed E-state index contributed by atoms with van der Waals surface area (Å²) in [5.41, 5.74) is 6.93. The summed E-state index contributed by atoms with van der Waals surface area (Å²) in [7, 11) is 1.66. The minimum atomic E-state index is -5.08. The summed E-state index contributed by atoms with van der Waals surface area (Å²) in [4.78, 5) is 26.9. The molecule has 2 fully saturated rings. The Hall–Kier alpha value is -4.84. The molecule has 46 heavy (non-hydrogen) atoms. The summed E-state index contributed by atoms with van der Waals surface area (Å²) in [6, 6.07) is 21.0. The molecule has 2 unspecified atom stereocenters. The van der Waals surface area contributed by atoms with Gasteiger partial charge in [-0.15, -0.1) is 0 Å². The summed E-state index contributed by atoms with van der Waals surface area (Å²) in [5.74, 6) is -1.76. The van der Waals surface area contributed by atoms with Gasteiger partial charge in [0.15, 0.2) is 0 Å². The molecule has 1 aromatic heterocycles. The molecule has 12 heteroatoms. The van der Waals surface area contributed by atoms with Crippen molar-refractivity contribution in [3.63, 3.8) is 0 Å². The molecule has 1 amide bonds. The van der Waals surface area contributed by atoms with Crippen molar-refractivity contribution >= 4 is 46.3 Å². The number of aromatic amines is 1. The van der Waals surface area contributed by atoms with Crippen LogP contribution in [0.1, 0.15) is 41.6 Å². The van der Waals surface area contributed by atoms with Crippen LogP contribution in [-0.4, -0.2) is 78.1 Å². The lowest BCUT2D eigenvalue weighted by atomic mass is 9.91. The van der Waals surface area contributed by atoms with Crippen LogP contribution >= 0.6 is 0 Å². The van der Waals surface area contributed by atoms with Crippen molar-refractivity contribution in [1.29, 1.82) is 0 Å². The summed E-state index contributed by atoms with van der Waals surface area (Å²) in [6.07, 6.45) is -0.0971. The van der Waals surface area contributed by atoms with Gasteiger partial charge in [0.1, 0.15) is 5.75 Å². The lowest BCUT2D eigenvalue weighted by molar-refractivity contribution is -0.192. The summed E-state index contributed by atoms with van der Waals surface area (Å²) >= 11 is 0. The van der Waals surface area contributed by atoms with Gasteiger partial charge in [-0.3, -0.25) is 9.89 Å². The Bertz CT molecular complexity index is 1790. The summed E-state index contributed by atoms with van der Waals surface area (Å²) < 4.78 is 37.2. The molecule has 240 valence electrons. The molecule has 9 nitrogen and oxygen atoms in total. The molecule has 7 rings (SSSR count). The van der Waals surface area contributed by atoms with E-state index in [9.17, 15) is 18.0 Å². The maximum atomic E-state index is 13.0. The molecular formula is C34H34F3N5O4. The van der Waals surface area contributed by atoms with E-state index in [2.05, 4.69) is 86.9 Å². The fraction of sp³-hybridized carbons (Fsp3) is 0.324. The Morgan fingerprint density at radius 1 is 1.07 bits per heavy atom. The monoisotopic (exact) mass is 633 g/mol. The number of amides is 1. The van der Waals surface area contributed by atoms with E-state index in [1.165, 1.54) is 5.69 Å². The third kappa shape index (κ3) is 5.92. The third-order valence-electron chi connectivity index (χ3n) is 9.09. The van der Waals surface area contributed by atoms with Gasteiger partial charge in [0.2, 0.25) is 5.91 Å². The number of carboxylic acids is 1. The van der Waals surface area contributed by atoms with Crippen molar-refractivity contribution in [2.75, 3.05) is 50.1 Å². The molecule has 2 atom stereocenters. The number of aromatic nitrogens is 2. The van der Waals surface area contributed by atoms with Gasteiger partial charge in [0, 0.05) is 48.9 Å². The topological polar surface area (TPSA) is 111 Å². The van der Waals surface area contributed by atoms with Crippen molar-refractivity contribution in [3.8, 4) is 5.75 Å². The highest BCUT2D eigenvalue weighted by Gasteiger charge is 2.65. The zero-order chi connectivity index (χ0) is 32.6. The number of rotatable bonds is 6. The van der Waals surface area contributed by atoms with E-state index < -0.39 is 17.6 Å². The van der Waals surface area contributed by atoms with E-state index >= 15 is 0 Å². The number of H-pyrrole nitrogens is 1. The highest BCUT2D eigenvalue weighted by Crippen LogP contribution is 2.65. The molecule has 3 N–H and O–H groups in total. The van der Waals surface area contributed by atoms with E-state index in [0.29, 0.717) is 0 Å². The second kappa shape index (κ2) is 12.2. The molecule has 4 aromatic rings. The van der Waals surface area contributed by atoms with E-state index in [1.54, 1.807) is 7.11 Å². The number of anilines is 2. The maximum absolute atomic E-state index is 13.0. The minimum absolute atomic E-state index is 0.0818. The molecule has 1 spiro atoms. The van der Waals surface area contributed by atoms with Gasteiger partial charge in [-0.2, -0.15) is 18.3 Å². The number of aliphatic carboxylic acids is 1. The number of likely N-dealkylation sites (N-methyl/N-ethyl adjacent to an activating group) is 1. The number of nitrogens with one attached hydrogen (secondary N) is 2. The molecule has 1 saturated heterocycles. The number of hydrogen-bond acceptors (Lipinski definition) is 6. The van der Waals surface area contributed by atoms with Crippen LogP contribution in [0.3, 0.4) is 0 Å². The number of halogens is 3. The van der Waals surface area contributed by atoms with Crippen molar-refractivity contribution in [3.05, 3.63) is 83.0 Å². The largest absolute Gasteiger partial charge is 0.497 e. The molecule has 3 aliphatic rings. The van der Waals surface area contributed by atoms with Crippen LogP contribution in [0.5, 0.6) is 5.75 Å². The molecule has 1 saturated carbocycles. The summed E-state index contributed by atoms with van der Waals surface area (Å²) in [5, 5.41) is 19.1. The van der Waals surface area contributed by atoms with Gasteiger partial charge in [0.25, 0.3) is 0 Å². The Labute approximate surface area is 263 Å². The Morgan fingerprint density at radius 3 is 2.43 bits per heavy atom. The number of hydrogen-bond donors (Lipinski definition) is 3. The van der Waals surface area contributed by atoms with Gasteiger partial charge in [-0.25, -0.2) is 4.79 Å². The fourth-order valence-electron chi connectivity index (χ4n) is 6.39. The number of piperazine rings is 1. The number of methoxy groups -OCH3 is 1. The van der Waals surface area contributed by atoms with Gasteiger partial charge < -0.3 is 25.0 Å². The third-order valence-corrected chi connectivity index (χ3v) is 9.09. The lowest BCUT2D eigenvalue weighted by Gasteiger charge is -2.35. The number of carbonyl (C=O) groups excluding carboxylic acids is 1. The van der Waals surface area contributed by atoms with Gasteiger partial charge in [-0.1, -0.05) is 37.3 Å². The normalized spacial score (nSPS) is 20.8. The first-order valence-electron chi connectivity index (χ1n) is 15.1. The van der Waals surface area contributed by atoms with Crippen LogP contribution in [0.2, 0.25) is 0 Å². The number of benzene rings is 3. The number of nitrogens with zero attached hydrogens (tertiary/aromatic N) is 3. The average molecular weight is 634 g/mol. The molecule has 2 aliphatic heterocycles. The first kappa shape index (κ1) is 31.2. The van der Waals surface area contributed by atoms with Crippen LogP contribution in [0, 0.1) is 0 Å². The first-order valence-corrected chi connectivity index (χ1v) is 15.1. The number of carboxylic acid groups (broad SMARTS) is 1.